The van der Waals surface area contributed by atoms with E-state index in [4.69, 9.17) is 14.2 Å². The second kappa shape index (κ2) is 5.95. The zero-order valence-electron chi connectivity index (χ0n) is 18.9. The summed E-state index contributed by atoms with van der Waals surface area (Å²) in [6.07, 6.45) is 9.95. The number of hydrogen-bond donors (Lipinski definition) is 1. The van der Waals surface area contributed by atoms with E-state index in [0.717, 1.165) is 43.6 Å². The van der Waals surface area contributed by atoms with Gasteiger partial charge in [0.25, 0.3) is 0 Å². The van der Waals surface area contributed by atoms with E-state index >= 15 is 0 Å². The summed E-state index contributed by atoms with van der Waals surface area (Å²) in [6, 6.07) is 4.38. The zero-order valence-corrected chi connectivity index (χ0v) is 18.9. The summed E-state index contributed by atoms with van der Waals surface area (Å²) in [6.45, 7) is 4.23. The SMILES string of the molecule is CCC[C@](C)(O)[C@H]1C[C@@]23CC[C@]1(OC)[C@@H]1Oc4cc(OC)cc5c4[C@@]12CCC[C@@H]3C5. The Labute approximate surface area is 180 Å². The quantitative estimate of drug-likeness (QED) is 0.756. The first-order valence-corrected chi connectivity index (χ1v) is 12.0. The lowest BCUT2D eigenvalue weighted by atomic mass is 9.32. The van der Waals surface area contributed by atoms with Gasteiger partial charge in [-0.2, -0.15) is 0 Å². The minimum atomic E-state index is -0.732. The van der Waals surface area contributed by atoms with Crippen LogP contribution in [0.5, 0.6) is 11.5 Å². The number of benzene rings is 1. The summed E-state index contributed by atoms with van der Waals surface area (Å²) in [5, 5.41) is 11.7. The summed E-state index contributed by atoms with van der Waals surface area (Å²) >= 11 is 0. The van der Waals surface area contributed by atoms with E-state index in [1.165, 1.54) is 36.8 Å². The minimum Gasteiger partial charge on any atom is -0.497 e. The van der Waals surface area contributed by atoms with Crippen LogP contribution < -0.4 is 9.47 Å². The lowest BCUT2D eigenvalue weighted by Gasteiger charge is -2.74. The third-order valence-corrected chi connectivity index (χ3v) is 10.2. The maximum atomic E-state index is 11.7. The third-order valence-electron chi connectivity index (χ3n) is 10.2. The topological polar surface area (TPSA) is 47.9 Å². The average molecular weight is 413 g/mol. The number of aliphatic hydroxyl groups is 1. The van der Waals surface area contributed by atoms with Crippen molar-refractivity contribution in [2.75, 3.05) is 14.2 Å². The normalized spacial score (nSPS) is 44.2. The molecular weight excluding hydrogens is 376 g/mol. The number of rotatable bonds is 5. The first kappa shape index (κ1) is 19.4. The molecule has 4 bridgehead atoms. The Morgan fingerprint density at radius 1 is 1.23 bits per heavy atom. The van der Waals surface area contributed by atoms with Crippen LogP contribution in [0.25, 0.3) is 0 Å². The molecular formula is C26H36O4. The van der Waals surface area contributed by atoms with Crippen molar-refractivity contribution >= 4 is 0 Å². The van der Waals surface area contributed by atoms with Crippen molar-refractivity contribution in [3.63, 3.8) is 0 Å². The largest absolute Gasteiger partial charge is 0.497 e. The summed E-state index contributed by atoms with van der Waals surface area (Å²) in [4.78, 5) is 0. The number of fused-ring (bicyclic) bond motifs is 2. The Hall–Kier alpha value is -1.26. The molecule has 164 valence electrons. The number of hydrogen-bond acceptors (Lipinski definition) is 4. The van der Waals surface area contributed by atoms with Gasteiger partial charge in [-0.25, -0.2) is 0 Å². The Bertz CT molecular complexity index is 893. The van der Waals surface area contributed by atoms with Crippen molar-refractivity contribution in [2.45, 2.75) is 94.4 Å². The average Bonchev–Trinajstić information content (AvgIpc) is 3.08. The van der Waals surface area contributed by atoms with Gasteiger partial charge in [0, 0.05) is 30.1 Å². The fraction of sp³-hybridized carbons (Fsp3) is 0.769. The first-order chi connectivity index (χ1) is 14.4. The lowest BCUT2D eigenvalue weighted by Crippen LogP contribution is -2.79. The van der Waals surface area contributed by atoms with Crippen LogP contribution in [0.1, 0.15) is 76.3 Å². The molecule has 4 fully saturated rings. The highest BCUT2D eigenvalue weighted by Crippen LogP contribution is 2.78. The van der Waals surface area contributed by atoms with Crippen molar-refractivity contribution in [3.05, 3.63) is 23.3 Å². The van der Waals surface area contributed by atoms with Gasteiger partial charge < -0.3 is 19.3 Å². The number of methoxy groups -OCH3 is 2. The standard InChI is InChI=1S/C26H36O4/c1-5-8-23(2,27)20-15-24-10-11-26(20,29-4)22-25(24)9-6-7-17(24)12-16-13-18(28-3)14-19(30-22)21(16)25/h13-14,17,20,22,27H,5-12,15H2,1-4H3/t17-,20-,22-,23+,24-,25+,26-/m1/s1. The molecule has 4 heteroatoms. The maximum absolute atomic E-state index is 11.7. The fourth-order valence-electron chi connectivity index (χ4n) is 9.34. The van der Waals surface area contributed by atoms with Gasteiger partial charge in [0.15, 0.2) is 0 Å². The molecule has 7 atom stereocenters. The molecule has 30 heavy (non-hydrogen) atoms. The molecule has 0 radical (unpaired) electrons. The van der Waals surface area contributed by atoms with Crippen molar-refractivity contribution < 1.29 is 19.3 Å². The van der Waals surface area contributed by atoms with Gasteiger partial charge in [-0.1, -0.05) is 19.8 Å². The smallest absolute Gasteiger partial charge is 0.138 e. The van der Waals surface area contributed by atoms with Crippen LogP contribution in [0.4, 0.5) is 0 Å². The van der Waals surface area contributed by atoms with E-state index in [2.05, 4.69) is 26.0 Å². The highest BCUT2D eigenvalue weighted by Gasteiger charge is 2.80. The van der Waals surface area contributed by atoms with Crippen LogP contribution in [0, 0.1) is 17.3 Å². The van der Waals surface area contributed by atoms with Gasteiger partial charge in [-0.05, 0) is 74.8 Å². The van der Waals surface area contributed by atoms with E-state index < -0.39 is 11.2 Å². The van der Waals surface area contributed by atoms with Crippen LogP contribution in [-0.4, -0.2) is 36.6 Å². The fourth-order valence-corrected chi connectivity index (χ4v) is 9.34. The third kappa shape index (κ3) is 1.93. The van der Waals surface area contributed by atoms with Crippen molar-refractivity contribution in [3.8, 4) is 11.5 Å². The monoisotopic (exact) mass is 412 g/mol. The van der Waals surface area contributed by atoms with E-state index in [1.54, 1.807) is 7.11 Å². The Morgan fingerprint density at radius 2 is 2.07 bits per heavy atom. The van der Waals surface area contributed by atoms with Crippen molar-refractivity contribution in [1.29, 1.82) is 0 Å². The summed E-state index contributed by atoms with van der Waals surface area (Å²) in [5.41, 5.74) is 2.02. The molecule has 1 aromatic rings. The summed E-state index contributed by atoms with van der Waals surface area (Å²) in [7, 11) is 3.61. The van der Waals surface area contributed by atoms with Crippen molar-refractivity contribution in [2.24, 2.45) is 17.3 Å². The molecule has 1 aliphatic heterocycles. The maximum Gasteiger partial charge on any atom is 0.138 e. The molecule has 0 aromatic heterocycles. The predicted octanol–water partition coefficient (Wildman–Crippen LogP) is 4.79. The van der Waals surface area contributed by atoms with Crippen molar-refractivity contribution in [1.82, 2.24) is 0 Å². The molecule has 7 rings (SSSR count). The van der Waals surface area contributed by atoms with Crippen LogP contribution >= 0.6 is 0 Å². The molecule has 0 saturated heterocycles. The molecule has 4 nitrogen and oxygen atoms in total. The molecule has 1 heterocycles. The van der Waals surface area contributed by atoms with E-state index in [9.17, 15) is 5.11 Å². The van der Waals surface area contributed by atoms with Gasteiger partial charge in [0.05, 0.1) is 12.7 Å². The number of ether oxygens (including phenoxy) is 3. The molecule has 1 N–H and O–H groups in total. The van der Waals surface area contributed by atoms with E-state index in [1.807, 2.05) is 7.11 Å². The van der Waals surface area contributed by atoms with Gasteiger partial charge in [0.1, 0.15) is 23.2 Å². The highest BCUT2D eigenvalue weighted by atomic mass is 16.6. The van der Waals surface area contributed by atoms with Gasteiger partial charge in [-0.3, -0.25) is 0 Å². The Kier molecular flexibility index (Phi) is 3.85. The molecule has 0 unspecified atom stereocenters. The Morgan fingerprint density at radius 3 is 2.80 bits per heavy atom. The van der Waals surface area contributed by atoms with Crippen LogP contribution in [-0.2, 0) is 16.6 Å². The Balaban J connectivity index is 1.61. The second-order valence-electron chi connectivity index (χ2n) is 11.1. The van der Waals surface area contributed by atoms with E-state index in [-0.39, 0.29) is 22.9 Å². The summed E-state index contributed by atoms with van der Waals surface area (Å²) < 4.78 is 19.1. The minimum absolute atomic E-state index is 0.00483. The van der Waals surface area contributed by atoms with Gasteiger partial charge >= 0.3 is 0 Å². The van der Waals surface area contributed by atoms with Crippen LogP contribution in [0.15, 0.2) is 12.1 Å². The lowest BCUT2D eigenvalue weighted by molar-refractivity contribution is -0.299. The van der Waals surface area contributed by atoms with Gasteiger partial charge in [0.2, 0.25) is 0 Å². The predicted molar refractivity (Wildman–Crippen MR) is 115 cm³/mol. The van der Waals surface area contributed by atoms with E-state index in [0.29, 0.717) is 5.92 Å². The molecule has 0 amide bonds. The first-order valence-electron chi connectivity index (χ1n) is 12.0. The van der Waals surface area contributed by atoms with Gasteiger partial charge in [-0.15, -0.1) is 0 Å². The zero-order chi connectivity index (χ0) is 20.9. The highest BCUT2D eigenvalue weighted by molar-refractivity contribution is 5.60. The molecule has 5 aliphatic carbocycles. The molecule has 1 aromatic carbocycles. The molecule has 6 aliphatic rings. The van der Waals surface area contributed by atoms with Crippen LogP contribution in [0.2, 0.25) is 0 Å². The molecule has 2 spiro atoms. The molecule has 4 saturated carbocycles. The second-order valence-corrected chi connectivity index (χ2v) is 11.1. The van der Waals surface area contributed by atoms with Crippen LogP contribution in [0.3, 0.4) is 0 Å². The summed E-state index contributed by atoms with van der Waals surface area (Å²) in [5.74, 6) is 2.71.